The number of carbonyl (C=O) groups excluding carboxylic acids is 2. The van der Waals surface area contributed by atoms with Crippen LogP contribution in [0.3, 0.4) is 0 Å². The van der Waals surface area contributed by atoms with Gasteiger partial charge in [0.05, 0.1) is 5.75 Å². The zero-order valence-electron chi connectivity index (χ0n) is 16.2. The van der Waals surface area contributed by atoms with Crippen molar-refractivity contribution in [2.75, 3.05) is 12.4 Å². The van der Waals surface area contributed by atoms with E-state index in [1.54, 1.807) is 0 Å². The molecule has 0 fully saturated rings. The zero-order valence-corrected chi connectivity index (χ0v) is 17.0. The molecule has 0 bridgehead atoms. The summed E-state index contributed by atoms with van der Waals surface area (Å²) in [5, 5.41) is 2.87. The fraction of sp³-hybridized carbons (Fsp3) is 0.364. The van der Waals surface area contributed by atoms with Crippen molar-refractivity contribution in [3.8, 4) is 0 Å². The fourth-order valence-electron chi connectivity index (χ4n) is 2.55. The second-order valence-corrected chi connectivity index (χ2v) is 7.74. The van der Waals surface area contributed by atoms with Crippen molar-refractivity contribution in [1.82, 2.24) is 5.32 Å². The van der Waals surface area contributed by atoms with Crippen LogP contribution in [-0.4, -0.2) is 30.3 Å². The Labute approximate surface area is 165 Å². The van der Waals surface area contributed by atoms with Crippen molar-refractivity contribution >= 4 is 23.6 Å². The molecule has 1 atom stereocenters. The number of nitrogens with one attached hydrogen (secondary N) is 1. The molecule has 0 saturated carbocycles. The van der Waals surface area contributed by atoms with Gasteiger partial charge in [0.25, 0.3) is 5.91 Å². The smallest absolute Gasteiger partial charge is 0.316 e. The normalized spacial score (nSPS) is 11.7. The van der Waals surface area contributed by atoms with Gasteiger partial charge in [-0.05, 0) is 62.4 Å². The van der Waals surface area contributed by atoms with Crippen molar-refractivity contribution in [3.05, 3.63) is 65.2 Å². The first-order valence-corrected chi connectivity index (χ1v) is 10.1. The highest BCUT2D eigenvalue weighted by molar-refractivity contribution is 8.00. The van der Waals surface area contributed by atoms with Crippen LogP contribution < -0.4 is 5.32 Å². The van der Waals surface area contributed by atoms with E-state index in [9.17, 15) is 9.59 Å². The predicted molar refractivity (Wildman–Crippen MR) is 110 cm³/mol. The van der Waals surface area contributed by atoms with E-state index in [0.29, 0.717) is 0 Å². The first kappa shape index (κ1) is 21.0. The second-order valence-electron chi connectivity index (χ2n) is 6.69. The third-order valence-corrected chi connectivity index (χ3v) is 5.28. The molecule has 1 N–H and O–H groups in total. The first-order chi connectivity index (χ1) is 12.9. The number of benzene rings is 2. The molecule has 0 unspecified atom stereocenters. The van der Waals surface area contributed by atoms with Gasteiger partial charge in [-0.15, -0.1) is 11.8 Å². The molecule has 0 aliphatic rings. The summed E-state index contributed by atoms with van der Waals surface area (Å²) >= 11 is 1.42. The molecule has 0 aliphatic heterocycles. The van der Waals surface area contributed by atoms with E-state index in [1.165, 1.54) is 28.5 Å². The molecule has 0 radical (unpaired) electrons. The number of hydrogen-bond acceptors (Lipinski definition) is 4. The Balaban J connectivity index is 1.63. The van der Waals surface area contributed by atoms with Gasteiger partial charge in [0, 0.05) is 10.9 Å². The lowest BCUT2D eigenvalue weighted by atomic mass is 10.1. The highest BCUT2D eigenvalue weighted by atomic mass is 32.2. The van der Waals surface area contributed by atoms with Crippen molar-refractivity contribution < 1.29 is 14.3 Å². The van der Waals surface area contributed by atoms with Crippen molar-refractivity contribution in [3.63, 3.8) is 0 Å². The topological polar surface area (TPSA) is 55.4 Å². The molecule has 27 heavy (non-hydrogen) atoms. The number of amides is 1. The Kier molecular flexibility index (Phi) is 8.40. The minimum Gasteiger partial charge on any atom is -0.455 e. The van der Waals surface area contributed by atoms with Gasteiger partial charge in [-0.3, -0.25) is 9.59 Å². The SMILES string of the molecule is Cc1ccc(SCC(=O)OCC(=O)N[C@@H](C)CCc2ccccc2)cc1C. The van der Waals surface area contributed by atoms with E-state index >= 15 is 0 Å². The fourth-order valence-corrected chi connectivity index (χ4v) is 3.34. The van der Waals surface area contributed by atoms with Crippen LogP contribution >= 0.6 is 11.8 Å². The summed E-state index contributed by atoms with van der Waals surface area (Å²) in [5.41, 5.74) is 3.66. The maximum absolute atomic E-state index is 11.9. The van der Waals surface area contributed by atoms with Crippen LogP contribution in [-0.2, 0) is 20.7 Å². The standard InChI is InChI=1S/C22H27NO3S/c1-16-9-12-20(13-17(16)2)27-15-22(25)26-14-21(24)23-18(3)10-11-19-7-5-4-6-8-19/h4-9,12-13,18H,10-11,14-15H2,1-3H3,(H,23,24)/t18-/m0/s1. The van der Waals surface area contributed by atoms with Crippen LogP contribution in [0.1, 0.15) is 30.0 Å². The highest BCUT2D eigenvalue weighted by Gasteiger charge is 2.11. The molecular formula is C22H27NO3S. The molecule has 144 valence electrons. The van der Waals surface area contributed by atoms with Gasteiger partial charge in [-0.25, -0.2) is 0 Å². The predicted octanol–water partition coefficient (Wildman–Crippen LogP) is 4.08. The molecule has 0 aliphatic carbocycles. The van der Waals surface area contributed by atoms with E-state index in [-0.39, 0.29) is 30.3 Å². The molecule has 0 spiro atoms. The summed E-state index contributed by atoms with van der Waals surface area (Å²) in [6, 6.07) is 16.3. The number of carbonyl (C=O) groups is 2. The molecule has 0 heterocycles. The Morgan fingerprint density at radius 3 is 2.52 bits per heavy atom. The van der Waals surface area contributed by atoms with E-state index < -0.39 is 0 Å². The number of hydrogen-bond donors (Lipinski definition) is 1. The highest BCUT2D eigenvalue weighted by Crippen LogP contribution is 2.21. The van der Waals surface area contributed by atoms with Gasteiger partial charge >= 0.3 is 5.97 Å². The van der Waals surface area contributed by atoms with Gasteiger partial charge in [0.2, 0.25) is 0 Å². The second kappa shape index (κ2) is 10.8. The maximum Gasteiger partial charge on any atom is 0.316 e. The van der Waals surface area contributed by atoms with Crippen LogP contribution in [0, 0.1) is 13.8 Å². The van der Waals surface area contributed by atoms with Gasteiger partial charge in [-0.1, -0.05) is 36.4 Å². The lowest BCUT2D eigenvalue weighted by Crippen LogP contribution is -2.36. The van der Waals surface area contributed by atoms with E-state index in [1.807, 2.05) is 44.2 Å². The minimum atomic E-state index is -0.384. The molecule has 2 aromatic rings. The lowest BCUT2D eigenvalue weighted by molar-refractivity contribution is -0.146. The van der Waals surface area contributed by atoms with Crippen LogP contribution in [0.15, 0.2) is 53.4 Å². The molecule has 0 aromatic heterocycles. The summed E-state index contributed by atoms with van der Waals surface area (Å²) in [6.45, 7) is 5.82. The average Bonchev–Trinajstić information content (AvgIpc) is 2.66. The zero-order chi connectivity index (χ0) is 19.6. The minimum absolute atomic E-state index is 0.0290. The third kappa shape index (κ3) is 7.87. The maximum atomic E-state index is 11.9. The van der Waals surface area contributed by atoms with Crippen molar-refractivity contribution in [2.45, 2.75) is 44.6 Å². The number of ether oxygens (including phenoxy) is 1. The summed E-state index contributed by atoms with van der Waals surface area (Å²) in [7, 11) is 0. The Bertz CT molecular complexity index is 761. The molecular weight excluding hydrogens is 358 g/mol. The number of aryl methyl sites for hydroxylation is 3. The van der Waals surface area contributed by atoms with Gasteiger partial charge < -0.3 is 10.1 Å². The van der Waals surface area contributed by atoms with E-state index in [4.69, 9.17) is 4.74 Å². The van der Waals surface area contributed by atoms with Gasteiger partial charge in [-0.2, -0.15) is 0 Å². The van der Waals surface area contributed by atoms with Crippen LogP contribution in [0.5, 0.6) is 0 Å². The monoisotopic (exact) mass is 385 g/mol. The first-order valence-electron chi connectivity index (χ1n) is 9.13. The number of esters is 1. The largest absolute Gasteiger partial charge is 0.455 e. The Hall–Kier alpha value is -2.27. The van der Waals surface area contributed by atoms with Crippen molar-refractivity contribution in [1.29, 1.82) is 0 Å². The van der Waals surface area contributed by atoms with Crippen LogP contribution in [0.2, 0.25) is 0 Å². The molecule has 4 nitrogen and oxygen atoms in total. The summed E-state index contributed by atoms with van der Waals surface area (Å²) in [5.74, 6) is -0.454. The molecule has 0 saturated heterocycles. The van der Waals surface area contributed by atoms with Crippen molar-refractivity contribution in [2.24, 2.45) is 0 Å². The molecule has 5 heteroatoms. The molecule has 2 rings (SSSR count). The third-order valence-electron chi connectivity index (χ3n) is 4.32. The van der Waals surface area contributed by atoms with Crippen LogP contribution in [0.4, 0.5) is 0 Å². The molecule has 1 amide bonds. The summed E-state index contributed by atoms with van der Waals surface area (Å²) in [4.78, 5) is 24.8. The number of rotatable bonds is 9. The molecule has 2 aromatic carbocycles. The quantitative estimate of drug-likeness (QED) is 0.522. The Morgan fingerprint density at radius 1 is 1.07 bits per heavy atom. The van der Waals surface area contributed by atoms with E-state index in [2.05, 4.69) is 30.4 Å². The van der Waals surface area contributed by atoms with Crippen LogP contribution in [0.25, 0.3) is 0 Å². The summed E-state index contributed by atoms with van der Waals surface area (Å²) in [6.07, 6.45) is 1.74. The average molecular weight is 386 g/mol. The Morgan fingerprint density at radius 2 is 1.81 bits per heavy atom. The number of thioether (sulfide) groups is 1. The van der Waals surface area contributed by atoms with Gasteiger partial charge in [0.1, 0.15) is 0 Å². The van der Waals surface area contributed by atoms with E-state index in [0.717, 1.165) is 17.7 Å². The lowest BCUT2D eigenvalue weighted by Gasteiger charge is -2.14. The van der Waals surface area contributed by atoms with Gasteiger partial charge in [0.15, 0.2) is 6.61 Å². The summed E-state index contributed by atoms with van der Waals surface area (Å²) < 4.78 is 5.07.